The zero-order chi connectivity index (χ0) is 23.3. The van der Waals surface area contributed by atoms with E-state index < -0.39 is 11.8 Å². The maximum atomic E-state index is 13.0. The highest BCUT2D eigenvalue weighted by molar-refractivity contribution is 7.12. The monoisotopic (exact) mass is 489 g/mol. The highest BCUT2D eigenvalue weighted by Crippen LogP contribution is 2.29. The van der Waals surface area contributed by atoms with Gasteiger partial charge in [0.05, 0.1) is 20.8 Å². The van der Waals surface area contributed by atoms with Gasteiger partial charge in [0, 0.05) is 16.9 Å². The fraction of sp³-hybridized carbons (Fsp3) is 0.136. The van der Waals surface area contributed by atoms with Crippen LogP contribution in [-0.4, -0.2) is 24.2 Å². The summed E-state index contributed by atoms with van der Waals surface area (Å²) in [5.74, 6) is -1.33. The smallest absolute Gasteiger partial charge is 0.288 e. The minimum Gasteiger partial charge on any atom is -0.398 e. The standard InChI is InChI=1S/C22H21Cl2N5O2S/c23-16-5-3-12(10-17(16)24)14(7-8-25)21(30)28-13-4-6-18(26)15(11-13)20(27)29-22(31)19-2-1-9-32-19/h1-6,9-11,14H,7-8,25-26H2,(H,28,30)(H2,27,29,31). The molecule has 2 aromatic carbocycles. The van der Waals surface area contributed by atoms with Gasteiger partial charge in [0.25, 0.3) is 5.91 Å². The number of nitrogens with two attached hydrogens (primary N) is 3. The summed E-state index contributed by atoms with van der Waals surface area (Å²) in [6.07, 6.45) is 0.407. The Morgan fingerprint density at radius 3 is 2.53 bits per heavy atom. The Bertz CT molecular complexity index is 1170. The van der Waals surface area contributed by atoms with Crippen LogP contribution in [0, 0.1) is 0 Å². The van der Waals surface area contributed by atoms with Gasteiger partial charge in [0.2, 0.25) is 5.91 Å². The number of nitrogen functional groups attached to an aromatic ring is 1. The van der Waals surface area contributed by atoms with E-state index >= 15 is 0 Å². The summed E-state index contributed by atoms with van der Waals surface area (Å²) >= 11 is 13.4. The van der Waals surface area contributed by atoms with Gasteiger partial charge in [-0.1, -0.05) is 35.3 Å². The first-order chi connectivity index (χ1) is 15.3. The highest BCUT2D eigenvalue weighted by Gasteiger charge is 2.21. The lowest BCUT2D eigenvalue weighted by Crippen LogP contribution is -2.24. The number of hydrogen-bond acceptors (Lipinski definition) is 5. The van der Waals surface area contributed by atoms with Gasteiger partial charge in [-0.2, -0.15) is 4.99 Å². The van der Waals surface area contributed by atoms with Crippen molar-refractivity contribution in [2.45, 2.75) is 12.3 Å². The summed E-state index contributed by atoms with van der Waals surface area (Å²) in [7, 11) is 0. The number of amides is 2. The molecule has 7 nitrogen and oxygen atoms in total. The molecular formula is C22H21Cl2N5O2S. The van der Waals surface area contributed by atoms with Crippen LogP contribution in [-0.2, 0) is 4.79 Å². The van der Waals surface area contributed by atoms with Crippen molar-refractivity contribution in [1.29, 1.82) is 0 Å². The molecule has 0 aliphatic heterocycles. The zero-order valence-corrected chi connectivity index (χ0v) is 19.2. The second-order valence-corrected chi connectivity index (χ2v) is 8.64. The highest BCUT2D eigenvalue weighted by atomic mass is 35.5. The third-order valence-corrected chi connectivity index (χ3v) is 6.27. The first-order valence-corrected chi connectivity index (χ1v) is 11.2. The van der Waals surface area contributed by atoms with Gasteiger partial charge in [0.1, 0.15) is 5.84 Å². The Morgan fingerprint density at radius 1 is 1.09 bits per heavy atom. The number of amidine groups is 1. The number of nitrogens with zero attached hydrogens (tertiary/aromatic N) is 1. The van der Waals surface area contributed by atoms with E-state index in [1.165, 1.54) is 11.3 Å². The molecule has 0 radical (unpaired) electrons. The van der Waals surface area contributed by atoms with E-state index in [-0.39, 0.29) is 11.7 Å². The van der Waals surface area contributed by atoms with Crippen molar-refractivity contribution in [2.75, 3.05) is 17.6 Å². The van der Waals surface area contributed by atoms with Crippen LogP contribution in [0.5, 0.6) is 0 Å². The van der Waals surface area contributed by atoms with E-state index in [9.17, 15) is 9.59 Å². The Kier molecular flexibility index (Phi) is 7.87. The average Bonchev–Trinajstić information content (AvgIpc) is 3.30. The predicted octanol–water partition coefficient (Wildman–Crippen LogP) is 4.25. The molecule has 32 heavy (non-hydrogen) atoms. The Labute approximate surface area is 199 Å². The van der Waals surface area contributed by atoms with Crippen molar-refractivity contribution >= 4 is 63.6 Å². The van der Waals surface area contributed by atoms with Crippen LogP contribution >= 0.6 is 34.5 Å². The molecule has 166 valence electrons. The molecule has 1 unspecified atom stereocenters. The molecule has 0 aliphatic carbocycles. The van der Waals surface area contributed by atoms with Crippen molar-refractivity contribution < 1.29 is 9.59 Å². The molecule has 0 saturated carbocycles. The Morgan fingerprint density at radius 2 is 1.88 bits per heavy atom. The van der Waals surface area contributed by atoms with Gasteiger partial charge in [0.15, 0.2) is 0 Å². The van der Waals surface area contributed by atoms with E-state index in [0.717, 1.165) is 0 Å². The fourth-order valence-electron chi connectivity index (χ4n) is 3.06. The van der Waals surface area contributed by atoms with Crippen molar-refractivity contribution in [1.82, 2.24) is 0 Å². The van der Waals surface area contributed by atoms with Gasteiger partial charge < -0.3 is 22.5 Å². The first-order valence-electron chi connectivity index (χ1n) is 9.58. The van der Waals surface area contributed by atoms with Gasteiger partial charge in [-0.05, 0) is 60.3 Å². The molecular weight excluding hydrogens is 469 g/mol. The van der Waals surface area contributed by atoms with E-state index in [0.29, 0.717) is 50.4 Å². The number of halogens is 2. The molecule has 10 heteroatoms. The maximum Gasteiger partial charge on any atom is 0.288 e. The van der Waals surface area contributed by atoms with Crippen LogP contribution in [0.25, 0.3) is 0 Å². The number of nitrogens with one attached hydrogen (secondary N) is 1. The lowest BCUT2D eigenvalue weighted by atomic mass is 9.94. The van der Waals surface area contributed by atoms with Crippen LogP contribution in [0.3, 0.4) is 0 Å². The summed E-state index contributed by atoms with van der Waals surface area (Å²) in [6.45, 7) is 0.301. The van der Waals surface area contributed by atoms with E-state index in [2.05, 4.69) is 10.3 Å². The van der Waals surface area contributed by atoms with Gasteiger partial charge in [-0.3, -0.25) is 9.59 Å². The van der Waals surface area contributed by atoms with Crippen molar-refractivity contribution in [3.8, 4) is 0 Å². The number of carbonyl (C=O) groups is 2. The largest absolute Gasteiger partial charge is 0.398 e. The third kappa shape index (κ3) is 5.66. The molecule has 0 aliphatic rings. The molecule has 1 heterocycles. The van der Waals surface area contributed by atoms with E-state index in [1.807, 2.05) is 0 Å². The van der Waals surface area contributed by atoms with Crippen molar-refractivity contribution in [3.63, 3.8) is 0 Å². The lowest BCUT2D eigenvalue weighted by Gasteiger charge is -2.18. The summed E-state index contributed by atoms with van der Waals surface area (Å²) < 4.78 is 0. The fourth-order valence-corrected chi connectivity index (χ4v) is 3.97. The van der Waals surface area contributed by atoms with E-state index in [1.54, 1.807) is 53.9 Å². The van der Waals surface area contributed by atoms with Crippen LogP contribution in [0.2, 0.25) is 10.0 Å². The maximum absolute atomic E-state index is 13.0. The number of hydrogen-bond donors (Lipinski definition) is 4. The number of anilines is 2. The lowest BCUT2D eigenvalue weighted by molar-refractivity contribution is -0.117. The topological polar surface area (TPSA) is 137 Å². The number of aliphatic imine (C=N–C) groups is 1. The molecule has 1 atom stereocenters. The number of thiophene rings is 1. The second-order valence-electron chi connectivity index (χ2n) is 6.87. The van der Waals surface area contributed by atoms with Gasteiger partial charge in [-0.25, -0.2) is 0 Å². The van der Waals surface area contributed by atoms with Crippen LogP contribution in [0.15, 0.2) is 58.9 Å². The molecule has 7 N–H and O–H groups in total. The second kappa shape index (κ2) is 10.6. The summed E-state index contributed by atoms with van der Waals surface area (Å²) in [5.41, 5.74) is 19.6. The Balaban J connectivity index is 1.84. The first kappa shape index (κ1) is 23.7. The average molecular weight is 490 g/mol. The zero-order valence-electron chi connectivity index (χ0n) is 16.8. The quantitative estimate of drug-likeness (QED) is 0.223. The molecule has 3 aromatic rings. The minimum absolute atomic E-state index is 0.0417. The molecule has 1 aromatic heterocycles. The number of benzene rings is 2. The summed E-state index contributed by atoms with van der Waals surface area (Å²) in [6, 6.07) is 13.2. The minimum atomic E-state index is -0.540. The number of carbonyl (C=O) groups excluding carboxylic acids is 2. The van der Waals surface area contributed by atoms with Crippen LogP contribution < -0.4 is 22.5 Å². The molecule has 0 fully saturated rings. The normalized spacial score (nSPS) is 12.4. The Hall–Kier alpha value is -2.91. The van der Waals surface area contributed by atoms with Crippen molar-refractivity contribution in [2.24, 2.45) is 16.5 Å². The third-order valence-electron chi connectivity index (χ3n) is 4.67. The molecule has 3 rings (SSSR count). The summed E-state index contributed by atoms with van der Waals surface area (Å²) in [5, 5.41) is 5.37. The molecule has 0 saturated heterocycles. The molecule has 0 bridgehead atoms. The van der Waals surface area contributed by atoms with Crippen LogP contribution in [0.1, 0.15) is 33.1 Å². The molecule has 2 amide bonds. The van der Waals surface area contributed by atoms with Crippen LogP contribution in [0.4, 0.5) is 11.4 Å². The van der Waals surface area contributed by atoms with Gasteiger partial charge >= 0.3 is 0 Å². The van der Waals surface area contributed by atoms with E-state index in [4.69, 9.17) is 40.4 Å². The number of rotatable bonds is 7. The van der Waals surface area contributed by atoms with Crippen molar-refractivity contribution in [3.05, 3.63) is 80.0 Å². The summed E-state index contributed by atoms with van der Waals surface area (Å²) in [4.78, 5) is 29.6. The van der Waals surface area contributed by atoms with Gasteiger partial charge in [-0.15, -0.1) is 11.3 Å². The SMILES string of the molecule is NCCC(C(=O)Nc1ccc(N)c(C(N)=NC(=O)c2cccs2)c1)c1ccc(Cl)c(Cl)c1. The predicted molar refractivity (Wildman–Crippen MR) is 132 cm³/mol. The molecule has 0 spiro atoms.